The molecule has 1 aromatic carbocycles. The van der Waals surface area contributed by atoms with Crippen LogP contribution >= 0.6 is 0 Å². The zero-order chi connectivity index (χ0) is 13.0. The zero-order valence-corrected chi connectivity index (χ0v) is 11.2. The Kier molecular flexibility index (Phi) is 4.57. The van der Waals surface area contributed by atoms with E-state index in [1.165, 1.54) is 0 Å². The maximum Gasteiger partial charge on any atom is 0.0991 e. The number of benzene rings is 1. The third-order valence-electron chi connectivity index (χ3n) is 2.74. The molecule has 0 radical (unpaired) electrons. The molecule has 92 valence electrons. The molecule has 2 N–H and O–H groups in total. The van der Waals surface area contributed by atoms with Crippen LogP contribution in [0, 0.1) is 23.2 Å². The van der Waals surface area contributed by atoms with Gasteiger partial charge in [0.1, 0.15) is 0 Å². The highest BCUT2D eigenvalue weighted by atomic mass is 14.6. The molecular formula is C15H22N2. The van der Waals surface area contributed by atoms with Crippen molar-refractivity contribution < 1.29 is 0 Å². The van der Waals surface area contributed by atoms with Gasteiger partial charge in [0, 0.05) is 5.69 Å². The molecule has 17 heavy (non-hydrogen) atoms. The summed E-state index contributed by atoms with van der Waals surface area (Å²) in [4.78, 5) is 0. The molecule has 0 aromatic heterocycles. The zero-order valence-electron chi connectivity index (χ0n) is 11.2. The Morgan fingerprint density at radius 1 is 1.06 bits per heavy atom. The van der Waals surface area contributed by atoms with Crippen LogP contribution in [-0.4, -0.2) is 0 Å². The van der Waals surface area contributed by atoms with E-state index in [9.17, 15) is 0 Å². The fraction of sp³-hybridized carbons (Fsp3) is 0.533. The van der Waals surface area contributed by atoms with E-state index >= 15 is 0 Å². The van der Waals surface area contributed by atoms with Gasteiger partial charge in [-0.3, -0.25) is 0 Å². The van der Waals surface area contributed by atoms with E-state index in [1.54, 1.807) is 0 Å². The minimum Gasteiger partial charge on any atom is -0.398 e. The molecule has 2 nitrogen and oxygen atoms in total. The third-order valence-corrected chi connectivity index (χ3v) is 2.74. The van der Waals surface area contributed by atoms with Gasteiger partial charge in [-0.1, -0.05) is 27.7 Å². The summed E-state index contributed by atoms with van der Waals surface area (Å²) in [5, 5.41) is 9.05. The van der Waals surface area contributed by atoms with Gasteiger partial charge in [0.15, 0.2) is 0 Å². The summed E-state index contributed by atoms with van der Waals surface area (Å²) in [7, 11) is 0. The fourth-order valence-electron chi connectivity index (χ4n) is 2.06. The molecule has 1 rings (SSSR count). The van der Waals surface area contributed by atoms with Crippen LogP contribution in [-0.2, 0) is 12.8 Å². The van der Waals surface area contributed by atoms with Gasteiger partial charge in [-0.05, 0) is 47.9 Å². The van der Waals surface area contributed by atoms with Gasteiger partial charge in [0.2, 0.25) is 0 Å². The van der Waals surface area contributed by atoms with Crippen molar-refractivity contribution >= 4 is 5.69 Å². The van der Waals surface area contributed by atoms with E-state index in [2.05, 4.69) is 33.8 Å². The first kappa shape index (κ1) is 13.6. The van der Waals surface area contributed by atoms with Crippen molar-refractivity contribution in [2.24, 2.45) is 11.8 Å². The summed E-state index contributed by atoms with van der Waals surface area (Å²) in [5.41, 5.74) is 10.0. The minimum atomic E-state index is 0.554. The molecule has 2 heteroatoms. The lowest BCUT2D eigenvalue weighted by atomic mass is 9.92. The predicted molar refractivity (Wildman–Crippen MR) is 72.7 cm³/mol. The van der Waals surface area contributed by atoms with E-state index in [0.717, 1.165) is 35.2 Å². The van der Waals surface area contributed by atoms with Crippen molar-refractivity contribution in [3.8, 4) is 6.07 Å². The first-order valence-corrected chi connectivity index (χ1v) is 6.25. The van der Waals surface area contributed by atoms with E-state index in [-0.39, 0.29) is 0 Å². The molecule has 0 spiro atoms. The molecule has 0 heterocycles. The Morgan fingerprint density at radius 2 is 1.47 bits per heavy atom. The molecule has 0 fully saturated rings. The molecule has 0 atom stereocenters. The number of rotatable bonds is 4. The molecule has 0 aliphatic carbocycles. The van der Waals surface area contributed by atoms with Crippen LogP contribution in [0.15, 0.2) is 12.1 Å². The molecule has 0 saturated heterocycles. The molecule has 0 aliphatic rings. The van der Waals surface area contributed by atoms with Gasteiger partial charge in [-0.15, -0.1) is 0 Å². The number of nitrogens with zero attached hydrogens (tertiary/aromatic N) is 1. The topological polar surface area (TPSA) is 49.8 Å². The third kappa shape index (κ3) is 3.78. The quantitative estimate of drug-likeness (QED) is 0.804. The van der Waals surface area contributed by atoms with Crippen molar-refractivity contribution in [3.63, 3.8) is 0 Å². The van der Waals surface area contributed by atoms with Gasteiger partial charge < -0.3 is 5.73 Å². The van der Waals surface area contributed by atoms with Crippen molar-refractivity contribution in [2.45, 2.75) is 40.5 Å². The molecule has 0 saturated carbocycles. The summed E-state index contributed by atoms with van der Waals surface area (Å²) in [6.07, 6.45) is 1.87. The molecule has 1 aromatic rings. The van der Waals surface area contributed by atoms with Gasteiger partial charge in [-0.2, -0.15) is 5.26 Å². The van der Waals surface area contributed by atoms with Crippen molar-refractivity contribution in [1.82, 2.24) is 0 Å². The van der Waals surface area contributed by atoms with E-state index < -0.39 is 0 Å². The van der Waals surface area contributed by atoms with E-state index in [1.807, 2.05) is 12.1 Å². The maximum atomic E-state index is 9.05. The largest absolute Gasteiger partial charge is 0.398 e. The van der Waals surface area contributed by atoms with Crippen molar-refractivity contribution in [1.29, 1.82) is 5.26 Å². The standard InChI is InChI=1S/C15H22N2/c1-10(2)5-13-7-12(9-16)8-14(15(13)17)6-11(3)4/h7-8,10-11H,5-6,17H2,1-4H3. The Bertz CT molecular complexity index is 394. The maximum absolute atomic E-state index is 9.05. The number of nitrogen functional groups attached to an aromatic ring is 1. The Labute approximate surface area is 104 Å². The molecule has 0 aliphatic heterocycles. The van der Waals surface area contributed by atoms with Gasteiger partial charge >= 0.3 is 0 Å². The number of nitrogens with two attached hydrogens (primary N) is 1. The van der Waals surface area contributed by atoms with Crippen LogP contribution in [0.5, 0.6) is 0 Å². The van der Waals surface area contributed by atoms with Crippen LogP contribution in [0.3, 0.4) is 0 Å². The van der Waals surface area contributed by atoms with E-state index in [4.69, 9.17) is 11.0 Å². The monoisotopic (exact) mass is 230 g/mol. The first-order valence-electron chi connectivity index (χ1n) is 6.25. The van der Waals surface area contributed by atoms with Crippen LogP contribution in [0.1, 0.15) is 44.4 Å². The fourth-order valence-corrected chi connectivity index (χ4v) is 2.06. The highest BCUT2D eigenvalue weighted by Gasteiger charge is 2.10. The average molecular weight is 230 g/mol. The molecule has 0 unspecified atom stereocenters. The molecule has 0 bridgehead atoms. The second kappa shape index (κ2) is 5.72. The van der Waals surface area contributed by atoms with Crippen LogP contribution in [0.25, 0.3) is 0 Å². The van der Waals surface area contributed by atoms with Crippen LogP contribution in [0.2, 0.25) is 0 Å². The Hall–Kier alpha value is -1.49. The first-order chi connectivity index (χ1) is 7.93. The summed E-state index contributed by atoms with van der Waals surface area (Å²) in [6.45, 7) is 8.67. The van der Waals surface area contributed by atoms with Crippen molar-refractivity contribution in [2.75, 3.05) is 5.73 Å². The highest BCUT2D eigenvalue weighted by molar-refractivity contribution is 5.58. The van der Waals surface area contributed by atoms with Crippen LogP contribution < -0.4 is 5.73 Å². The SMILES string of the molecule is CC(C)Cc1cc(C#N)cc(CC(C)C)c1N. The Balaban J connectivity index is 3.17. The van der Waals surface area contributed by atoms with Crippen molar-refractivity contribution in [3.05, 3.63) is 28.8 Å². The summed E-state index contributed by atoms with van der Waals surface area (Å²) in [5.74, 6) is 1.11. The number of hydrogen-bond donors (Lipinski definition) is 1. The second-order valence-electron chi connectivity index (χ2n) is 5.52. The molecule has 0 amide bonds. The Morgan fingerprint density at radius 3 is 1.76 bits per heavy atom. The lowest BCUT2D eigenvalue weighted by molar-refractivity contribution is 0.638. The minimum absolute atomic E-state index is 0.554. The number of hydrogen-bond acceptors (Lipinski definition) is 2. The number of anilines is 1. The molecular weight excluding hydrogens is 208 g/mol. The highest BCUT2D eigenvalue weighted by Crippen LogP contribution is 2.25. The van der Waals surface area contributed by atoms with E-state index in [0.29, 0.717) is 11.8 Å². The average Bonchev–Trinajstić information content (AvgIpc) is 2.22. The van der Waals surface area contributed by atoms with Gasteiger partial charge in [0.25, 0.3) is 0 Å². The van der Waals surface area contributed by atoms with Gasteiger partial charge in [0.05, 0.1) is 11.6 Å². The van der Waals surface area contributed by atoms with Gasteiger partial charge in [-0.25, -0.2) is 0 Å². The lowest BCUT2D eigenvalue weighted by Crippen LogP contribution is -2.06. The smallest absolute Gasteiger partial charge is 0.0991 e. The lowest BCUT2D eigenvalue weighted by Gasteiger charge is -2.15. The summed E-state index contributed by atoms with van der Waals surface area (Å²) < 4.78 is 0. The number of nitriles is 1. The summed E-state index contributed by atoms with van der Waals surface area (Å²) in [6, 6.07) is 6.09. The summed E-state index contributed by atoms with van der Waals surface area (Å²) >= 11 is 0. The predicted octanol–water partition coefficient (Wildman–Crippen LogP) is 3.54. The second-order valence-corrected chi connectivity index (χ2v) is 5.52. The normalized spacial score (nSPS) is 10.9. The van der Waals surface area contributed by atoms with Crippen LogP contribution in [0.4, 0.5) is 5.69 Å².